The molecule has 1 aromatic rings. The molecule has 0 unspecified atom stereocenters. The van der Waals surface area contributed by atoms with E-state index in [0.717, 1.165) is 38.5 Å². The lowest BCUT2D eigenvalue weighted by atomic mass is 9.64. The Morgan fingerprint density at radius 3 is 2.30 bits per heavy atom. The van der Waals surface area contributed by atoms with Crippen LogP contribution in [-0.2, 0) is 10.0 Å². The van der Waals surface area contributed by atoms with E-state index in [4.69, 9.17) is 4.74 Å². The molecule has 2 fully saturated rings. The van der Waals surface area contributed by atoms with Gasteiger partial charge in [0.15, 0.2) is 0 Å². The normalized spacial score (nSPS) is 22.9. The lowest BCUT2D eigenvalue weighted by molar-refractivity contribution is -0.0592. The summed E-state index contributed by atoms with van der Waals surface area (Å²) < 4.78 is 32.7. The number of ether oxygens (including phenoxy) is 1. The van der Waals surface area contributed by atoms with Crippen molar-refractivity contribution in [3.05, 3.63) is 24.3 Å². The maximum Gasteiger partial charge on any atom is 0.243 e. The Bertz CT molecular complexity index is 745. The standard InChI is InChI=1S/C20H32N2O4S/c1-21(2)16-20(23)9-7-19(8-10-20)11-13-22(14-12-19)27(24,25)18-6-4-5-17(15-18)26-3/h4-6,15,23H,7-14,16H2,1-3H3. The van der Waals surface area contributed by atoms with Gasteiger partial charge in [0.1, 0.15) is 5.75 Å². The highest BCUT2D eigenvalue weighted by atomic mass is 32.2. The molecule has 1 aliphatic carbocycles. The van der Waals surface area contributed by atoms with Gasteiger partial charge in [-0.1, -0.05) is 6.07 Å². The summed E-state index contributed by atoms with van der Waals surface area (Å²) in [5.74, 6) is 0.553. The van der Waals surface area contributed by atoms with Gasteiger partial charge in [0.25, 0.3) is 0 Å². The molecule has 1 aliphatic heterocycles. The van der Waals surface area contributed by atoms with E-state index in [1.54, 1.807) is 28.6 Å². The van der Waals surface area contributed by atoms with E-state index in [0.29, 0.717) is 30.3 Å². The number of aliphatic hydroxyl groups is 1. The van der Waals surface area contributed by atoms with Crippen molar-refractivity contribution in [2.24, 2.45) is 5.41 Å². The van der Waals surface area contributed by atoms with Gasteiger partial charge < -0.3 is 14.7 Å². The van der Waals surface area contributed by atoms with Crippen molar-refractivity contribution in [2.75, 3.05) is 40.8 Å². The Labute approximate surface area is 163 Å². The molecule has 0 amide bonds. The number of nitrogens with zero attached hydrogens (tertiary/aromatic N) is 2. The lowest BCUT2D eigenvalue weighted by Crippen LogP contribution is -2.49. The minimum absolute atomic E-state index is 0.180. The Morgan fingerprint density at radius 2 is 1.74 bits per heavy atom. The second-order valence-corrected chi connectivity index (χ2v) is 10.5. The van der Waals surface area contributed by atoms with Crippen molar-refractivity contribution in [3.63, 3.8) is 0 Å². The van der Waals surface area contributed by atoms with E-state index in [9.17, 15) is 13.5 Å². The summed E-state index contributed by atoms with van der Waals surface area (Å²) in [6.07, 6.45) is 5.29. The Kier molecular flexibility index (Phi) is 5.87. The molecule has 0 aromatic heterocycles. The van der Waals surface area contributed by atoms with Crippen molar-refractivity contribution in [1.29, 1.82) is 0 Å². The van der Waals surface area contributed by atoms with Crippen molar-refractivity contribution >= 4 is 10.0 Å². The maximum absolute atomic E-state index is 13.0. The minimum atomic E-state index is -3.49. The van der Waals surface area contributed by atoms with Crippen molar-refractivity contribution in [2.45, 2.75) is 49.0 Å². The minimum Gasteiger partial charge on any atom is -0.497 e. The van der Waals surface area contributed by atoms with Crippen LogP contribution < -0.4 is 4.74 Å². The summed E-state index contributed by atoms with van der Waals surface area (Å²) >= 11 is 0. The largest absolute Gasteiger partial charge is 0.497 e. The number of rotatable bonds is 5. The molecular formula is C20H32N2O4S. The fourth-order valence-corrected chi connectivity index (χ4v) is 6.08. The molecule has 1 N–H and O–H groups in total. The first-order valence-corrected chi connectivity index (χ1v) is 11.1. The van der Waals surface area contributed by atoms with Gasteiger partial charge >= 0.3 is 0 Å². The van der Waals surface area contributed by atoms with Crippen LogP contribution >= 0.6 is 0 Å². The first kappa shape index (κ1) is 20.6. The zero-order valence-electron chi connectivity index (χ0n) is 16.6. The second-order valence-electron chi connectivity index (χ2n) is 8.55. The van der Waals surface area contributed by atoms with Crippen LogP contribution in [-0.4, -0.2) is 69.2 Å². The van der Waals surface area contributed by atoms with Crippen LogP contribution in [0.3, 0.4) is 0 Å². The fourth-order valence-electron chi connectivity index (χ4n) is 4.60. The van der Waals surface area contributed by atoms with Gasteiger partial charge in [-0.05, 0) is 70.2 Å². The molecule has 152 valence electrons. The van der Waals surface area contributed by atoms with Gasteiger partial charge in [-0.15, -0.1) is 0 Å². The average molecular weight is 397 g/mol. The van der Waals surface area contributed by atoms with Crippen molar-refractivity contribution in [3.8, 4) is 5.75 Å². The highest BCUT2D eigenvalue weighted by Crippen LogP contribution is 2.48. The quantitative estimate of drug-likeness (QED) is 0.827. The molecule has 1 aromatic carbocycles. The number of sulfonamides is 1. The van der Waals surface area contributed by atoms with Crippen LogP contribution in [0.4, 0.5) is 0 Å². The molecule has 1 heterocycles. The summed E-state index contributed by atoms with van der Waals surface area (Å²) in [6, 6.07) is 6.68. The molecule has 3 rings (SSSR count). The van der Waals surface area contributed by atoms with Gasteiger partial charge in [-0.3, -0.25) is 0 Å². The summed E-state index contributed by atoms with van der Waals surface area (Å²) in [7, 11) is 2.03. The Balaban J connectivity index is 1.63. The van der Waals surface area contributed by atoms with E-state index in [2.05, 4.69) is 0 Å². The van der Waals surface area contributed by atoms with Crippen LogP contribution in [0.5, 0.6) is 5.75 Å². The molecule has 7 heteroatoms. The first-order valence-electron chi connectivity index (χ1n) is 9.70. The maximum atomic E-state index is 13.0. The van der Waals surface area contributed by atoms with Gasteiger partial charge in [-0.2, -0.15) is 4.31 Å². The van der Waals surface area contributed by atoms with Crippen molar-refractivity contribution < 1.29 is 18.3 Å². The van der Waals surface area contributed by atoms with Gasteiger partial charge in [0, 0.05) is 25.7 Å². The third kappa shape index (κ3) is 4.47. The highest BCUT2D eigenvalue weighted by Gasteiger charge is 2.44. The number of hydrogen-bond donors (Lipinski definition) is 1. The molecule has 6 nitrogen and oxygen atoms in total. The first-order chi connectivity index (χ1) is 12.7. The zero-order valence-corrected chi connectivity index (χ0v) is 17.5. The predicted molar refractivity (Wildman–Crippen MR) is 105 cm³/mol. The van der Waals surface area contributed by atoms with E-state index in [-0.39, 0.29) is 5.41 Å². The molecule has 27 heavy (non-hydrogen) atoms. The Morgan fingerprint density at radius 1 is 1.11 bits per heavy atom. The van der Waals surface area contributed by atoms with E-state index in [1.807, 2.05) is 19.0 Å². The molecule has 1 saturated heterocycles. The van der Waals surface area contributed by atoms with Crippen LogP contribution in [0, 0.1) is 5.41 Å². The van der Waals surface area contributed by atoms with E-state index in [1.165, 1.54) is 7.11 Å². The van der Waals surface area contributed by atoms with E-state index < -0.39 is 15.6 Å². The van der Waals surface area contributed by atoms with Crippen molar-refractivity contribution in [1.82, 2.24) is 9.21 Å². The lowest BCUT2D eigenvalue weighted by Gasteiger charge is -2.48. The van der Waals surface area contributed by atoms with Gasteiger partial charge in [0.05, 0.1) is 17.6 Å². The Hall–Kier alpha value is -1.15. The summed E-state index contributed by atoms with van der Waals surface area (Å²) in [6.45, 7) is 1.79. The number of methoxy groups -OCH3 is 1. The van der Waals surface area contributed by atoms with Crippen LogP contribution in [0.25, 0.3) is 0 Å². The SMILES string of the molecule is COc1cccc(S(=O)(=O)N2CCC3(CC2)CCC(O)(CN(C)C)CC3)c1. The molecule has 1 spiro atoms. The third-order valence-corrected chi connectivity index (χ3v) is 8.21. The summed E-state index contributed by atoms with van der Waals surface area (Å²) in [5.41, 5.74) is -0.419. The predicted octanol–water partition coefficient (Wildman–Crippen LogP) is 2.33. The summed E-state index contributed by atoms with van der Waals surface area (Å²) in [5, 5.41) is 10.8. The molecule has 0 atom stereocenters. The fraction of sp³-hybridized carbons (Fsp3) is 0.700. The molecule has 0 bridgehead atoms. The molecule has 0 radical (unpaired) electrons. The third-order valence-electron chi connectivity index (χ3n) is 6.31. The van der Waals surface area contributed by atoms with Gasteiger partial charge in [0.2, 0.25) is 10.0 Å². The molecule has 1 saturated carbocycles. The molecular weight excluding hydrogens is 364 g/mol. The smallest absolute Gasteiger partial charge is 0.243 e. The zero-order chi connectivity index (χ0) is 19.7. The summed E-state index contributed by atoms with van der Waals surface area (Å²) in [4.78, 5) is 2.34. The van der Waals surface area contributed by atoms with Crippen LogP contribution in [0.15, 0.2) is 29.2 Å². The number of piperidine rings is 1. The number of benzene rings is 1. The highest BCUT2D eigenvalue weighted by molar-refractivity contribution is 7.89. The van der Waals surface area contributed by atoms with Gasteiger partial charge in [-0.25, -0.2) is 8.42 Å². The van der Waals surface area contributed by atoms with E-state index >= 15 is 0 Å². The second kappa shape index (κ2) is 7.70. The average Bonchev–Trinajstić information content (AvgIpc) is 2.64. The molecule has 2 aliphatic rings. The van der Waals surface area contributed by atoms with Crippen LogP contribution in [0.2, 0.25) is 0 Å². The number of hydrogen-bond acceptors (Lipinski definition) is 5. The number of likely N-dealkylation sites (N-methyl/N-ethyl adjacent to an activating group) is 1. The monoisotopic (exact) mass is 396 g/mol. The topological polar surface area (TPSA) is 70.1 Å². The van der Waals surface area contributed by atoms with Crippen LogP contribution in [0.1, 0.15) is 38.5 Å².